The Balaban J connectivity index is 1.58. The van der Waals surface area contributed by atoms with Gasteiger partial charge in [-0.05, 0) is 42.7 Å². The molecule has 3 aromatic rings. The van der Waals surface area contributed by atoms with Crippen LogP contribution in [0.15, 0.2) is 73.1 Å². The van der Waals surface area contributed by atoms with E-state index >= 15 is 0 Å². The minimum Gasteiger partial charge on any atom is -0.366 e. The molecule has 4 nitrogen and oxygen atoms in total. The summed E-state index contributed by atoms with van der Waals surface area (Å²) < 4.78 is 0. The summed E-state index contributed by atoms with van der Waals surface area (Å²) in [6.07, 6.45) is 4.53. The van der Waals surface area contributed by atoms with Crippen molar-refractivity contribution in [1.82, 2.24) is 4.98 Å². The number of hydrogen-bond acceptors (Lipinski definition) is 3. The van der Waals surface area contributed by atoms with Crippen LogP contribution in [0.2, 0.25) is 0 Å². The van der Waals surface area contributed by atoms with Crippen LogP contribution in [0.4, 0.5) is 11.4 Å². The molecular weight excluding hydrogens is 334 g/mol. The van der Waals surface area contributed by atoms with Gasteiger partial charge >= 0.3 is 0 Å². The molecule has 27 heavy (non-hydrogen) atoms. The van der Waals surface area contributed by atoms with Crippen LogP contribution in [-0.2, 0) is 13.0 Å². The summed E-state index contributed by atoms with van der Waals surface area (Å²) in [6, 6.07) is 20.3. The number of benzene rings is 2. The molecule has 0 bridgehead atoms. The van der Waals surface area contributed by atoms with Crippen molar-refractivity contribution in [2.45, 2.75) is 19.9 Å². The fourth-order valence-corrected chi connectivity index (χ4v) is 3.64. The van der Waals surface area contributed by atoms with Gasteiger partial charge in [-0.1, -0.05) is 42.5 Å². The van der Waals surface area contributed by atoms with Crippen molar-refractivity contribution in [1.29, 1.82) is 0 Å². The number of para-hydroxylation sites is 1. The molecule has 1 aliphatic rings. The molecule has 0 aliphatic carbocycles. The normalized spacial score (nSPS) is 13.1. The Morgan fingerprint density at radius 2 is 1.78 bits per heavy atom. The molecule has 136 valence electrons. The summed E-state index contributed by atoms with van der Waals surface area (Å²) in [5, 5.41) is 0. The van der Waals surface area contributed by atoms with Crippen molar-refractivity contribution >= 4 is 17.3 Å². The van der Waals surface area contributed by atoms with Gasteiger partial charge in [-0.2, -0.15) is 0 Å². The highest BCUT2D eigenvalue weighted by atomic mass is 16.2. The predicted octanol–water partition coefficient (Wildman–Crippen LogP) is 4.31. The highest BCUT2D eigenvalue weighted by Gasteiger charge is 2.20. The van der Waals surface area contributed by atoms with Crippen LogP contribution in [0.3, 0.4) is 0 Å². The van der Waals surface area contributed by atoms with E-state index in [1.54, 1.807) is 11.1 Å². The molecule has 2 heterocycles. The zero-order valence-corrected chi connectivity index (χ0v) is 15.5. The Kier molecular flexibility index (Phi) is 4.88. The van der Waals surface area contributed by atoms with E-state index in [9.17, 15) is 4.79 Å². The van der Waals surface area contributed by atoms with Gasteiger partial charge in [-0.15, -0.1) is 0 Å². The number of anilines is 2. The van der Waals surface area contributed by atoms with Gasteiger partial charge in [0.25, 0.3) is 5.91 Å². The molecule has 0 atom stereocenters. The number of rotatable bonds is 4. The van der Waals surface area contributed by atoms with Crippen LogP contribution in [0.5, 0.6) is 0 Å². The van der Waals surface area contributed by atoms with Gasteiger partial charge < -0.3 is 9.80 Å². The van der Waals surface area contributed by atoms with Gasteiger partial charge in [0.2, 0.25) is 0 Å². The highest BCUT2D eigenvalue weighted by Crippen LogP contribution is 2.25. The largest absolute Gasteiger partial charge is 0.366 e. The van der Waals surface area contributed by atoms with Gasteiger partial charge in [0, 0.05) is 31.5 Å². The number of aromatic nitrogens is 1. The second kappa shape index (κ2) is 7.62. The van der Waals surface area contributed by atoms with Crippen LogP contribution in [0.1, 0.15) is 28.4 Å². The first kappa shape index (κ1) is 17.3. The lowest BCUT2D eigenvalue weighted by molar-refractivity contribution is 0.0988. The summed E-state index contributed by atoms with van der Waals surface area (Å²) in [4.78, 5) is 21.5. The van der Waals surface area contributed by atoms with Gasteiger partial charge in [-0.3, -0.25) is 9.78 Å². The third-order valence-corrected chi connectivity index (χ3v) is 5.10. The number of carbonyl (C=O) groups excluding carboxylic acids is 1. The van der Waals surface area contributed by atoms with Crippen molar-refractivity contribution in [3.8, 4) is 0 Å². The van der Waals surface area contributed by atoms with Crippen LogP contribution in [0, 0.1) is 0 Å². The van der Waals surface area contributed by atoms with Crippen molar-refractivity contribution in [2.75, 3.05) is 22.9 Å². The summed E-state index contributed by atoms with van der Waals surface area (Å²) in [5.41, 5.74) is 5.29. The monoisotopic (exact) mass is 357 g/mol. The maximum atomic E-state index is 13.1. The van der Waals surface area contributed by atoms with E-state index in [0.717, 1.165) is 30.9 Å². The van der Waals surface area contributed by atoms with Crippen molar-refractivity contribution in [2.24, 2.45) is 0 Å². The number of hydrogen-bond donors (Lipinski definition) is 0. The number of amides is 1. The third-order valence-electron chi connectivity index (χ3n) is 5.10. The van der Waals surface area contributed by atoms with E-state index in [4.69, 9.17) is 0 Å². The van der Waals surface area contributed by atoms with Gasteiger partial charge in [0.15, 0.2) is 0 Å². The molecule has 0 unspecified atom stereocenters. The van der Waals surface area contributed by atoms with E-state index in [2.05, 4.69) is 34.1 Å². The maximum absolute atomic E-state index is 13.1. The van der Waals surface area contributed by atoms with Crippen molar-refractivity contribution in [3.05, 3.63) is 89.7 Å². The predicted molar refractivity (Wildman–Crippen MR) is 109 cm³/mol. The van der Waals surface area contributed by atoms with Crippen molar-refractivity contribution < 1.29 is 4.79 Å². The molecule has 0 saturated heterocycles. The summed E-state index contributed by atoms with van der Waals surface area (Å²) in [7, 11) is 0. The third kappa shape index (κ3) is 3.56. The van der Waals surface area contributed by atoms with E-state index in [1.807, 2.05) is 49.5 Å². The molecule has 2 aromatic carbocycles. The summed E-state index contributed by atoms with van der Waals surface area (Å²) in [5.74, 6) is -0.0181. The molecule has 1 aliphatic heterocycles. The average molecular weight is 357 g/mol. The Labute approximate surface area is 160 Å². The first-order chi connectivity index (χ1) is 13.3. The van der Waals surface area contributed by atoms with E-state index < -0.39 is 0 Å². The lowest BCUT2D eigenvalue weighted by atomic mass is 9.99. The number of fused-ring (bicyclic) bond motifs is 1. The first-order valence-electron chi connectivity index (χ1n) is 9.40. The lowest BCUT2D eigenvalue weighted by Gasteiger charge is -2.31. The number of pyridine rings is 1. The molecule has 4 heteroatoms. The molecule has 1 aromatic heterocycles. The smallest absolute Gasteiger partial charge is 0.259 e. The second-order valence-corrected chi connectivity index (χ2v) is 6.76. The summed E-state index contributed by atoms with van der Waals surface area (Å²) >= 11 is 0. The molecule has 1 amide bonds. The molecule has 0 saturated carbocycles. The van der Waals surface area contributed by atoms with E-state index in [0.29, 0.717) is 12.1 Å². The Bertz CT molecular complexity index is 939. The van der Waals surface area contributed by atoms with Gasteiger partial charge in [-0.25, -0.2) is 0 Å². The minimum atomic E-state index is -0.0181. The second-order valence-electron chi connectivity index (χ2n) is 6.76. The Morgan fingerprint density at radius 1 is 1.04 bits per heavy atom. The summed E-state index contributed by atoms with van der Waals surface area (Å²) in [6.45, 7) is 4.39. The molecule has 0 spiro atoms. The standard InChI is InChI=1S/C23H23N3O/c1-2-26(21-10-4-3-5-11-21)23(27)20-14-22(16-24-15-20)25-13-12-18-8-6-7-9-19(18)17-25/h3-11,14-16H,2,12-13,17H2,1H3. The zero-order chi connectivity index (χ0) is 18.6. The number of carbonyl (C=O) groups is 1. The van der Waals surface area contributed by atoms with Crippen LogP contribution >= 0.6 is 0 Å². The van der Waals surface area contributed by atoms with E-state index in [1.165, 1.54) is 11.1 Å². The highest BCUT2D eigenvalue weighted by molar-refractivity contribution is 6.06. The molecular formula is C23H23N3O. The van der Waals surface area contributed by atoms with Gasteiger partial charge in [0.05, 0.1) is 17.4 Å². The van der Waals surface area contributed by atoms with Crippen molar-refractivity contribution in [3.63, 3.8) is 0 Å². The van der Waals surface area contributed by atoms with Crippen LogP contribution < -0.4 is 9.80 Å². The van der Waals surface area contributed by atoms with Crippen LogP contribution in [0.25, 0.3) is 0 Å². The molecule has 4 rings (SSSR count). The maximum Gasteiger partial charge on any atom is 0.259 e. The molecule has 0 N–H and O–H groups in total. The lowest BCUT2D eigenvalue weighted by Crippen LogP contribution is -2.32. The first-order valence-corrected chi connectivity index (χ1v) is 9.40. The quantitative estimate of drug-likeness (QED) is 0.698. The van der Waals surface area contributed by atoms with Gasteiger partial charge in [0.1, 0.15) is 0 Å². The molecule has 0 radical (unpaired) electrons. The SMILES string of the molecule is CCN(C(=O)c1cncc(N2CCc3ccccc3C2)c1)c1ccccc1. The fourth-order valence-electron chi connectivity index (χ4n) is 3.64. The minimum absolute atomic E-state index is 0.0181. The Hall–Kier alpha value is -3.14. The Morgan fingerprint density at radius 3 is 2.56 bits per heavy atom. The molecule has 0 fully saturated rings. The fraction of sp³-hybridized carbons (Fsp3) is 0.217. The van der Waals surface area contributed by atoms with E-state index in [-0.39, 0.29) is 5.91 Å². The van der Waals surface area contributed by atoms with Crippen LogP contribution in [-0.4, -0.2) is 24.0 Å². The number of nitrogens with zero attached hydrogens (tertiary/aromatic N) is 3. The topological polar surface area (TPSA) is 36.4 Å². The zero-order valence-electron chi connectivity index (χ0n) is 15.5. The average Bonchev–Trinajstić information content (AvgIpc) is 2.75.